The summed E-state index contributed by atoms with van der Waals surface area (Å²) < 4.78 is 4.78. The first-order valence-corrected chi connectivity index (χ1v) is 10.3. The standard InChI is InChI=1S/C24H26N4O2/c1-4-28-22-21(18(3)25-28)27(16-20-13-9-8-10-17(20)2)24(30)26(23(22)29)15-14-19-11-6-5-7-12-19/h5-13H,4,14-16H2,1-3H3. The number of fused-ring (bicyclic) bond motifs is 1. The van der Waals surface area contributed by atoms with Crippen molar-refractivity contribution in [2.24, 2.45) is 0 Å². The number of aryl methyl sites for hydroxylation is 4. The van der Waals surface area contributed by atoms with E-state index in [1.54, 1.807) is 9.25 Å². The average Bonchev–Trinajstić information content (AvgIpc) is 3.09. The highest BCUT2D eigenvalue weighted by Crippen LogP contribution is 2.16. The highest BCUT2D eigenvalue weighted by molar-refractivity contribution is 5.77. The fourth-order valence-electron chi connectivity index (χ4n) is 3.98. The molecule has 0 radical (unpaired) electrons. The molecule has 0 aliphatic carbocycles. The molecule has 6 heteroatoms. The van der Waals surface area contributed by atoms with Crippen molar-refractivity contribution < 1.29 is 0 Å². The highest BCUT2D eigenvalue weighted by atomic mass is 16.2. The van der Waals surface area contributed by atoms with Gasteiger partial charge in [0.15, 0.2) is 5.52 Å². The quantitative estimate of drug-likeness (QED) is 0.497. The van der Waals surface area contributed by atoms with Gasteiger partial charge in [-0.2, -0.15) is 5.10 Å². The summed E-state index contributed by atoms with van der Waals surface area (Å²) in [7, 11) is 0. The van der Waals surface area contributed by atoms with Gasteiger partial charge in [-0.3, -0.25) is 18.6 Å². The Labute approximate surface area is 175 Å². The lowest BCUT2D eigenvalue weighted by molar-refractivity contribution is 0.583. The summed E-state index contributed by atoms with van der Waals surface area (Å²) in [6.45, 7) is 7.15. The molecule has 30 heavy (non-hydrogen) atoms. The van der Waals surface area contributed by atoms with Crippen LogP contribution in [-0.4, -0.2) is 18.9 Å². The molecule has 0 bridgehead atoms. The Bertz CT molecular complexity index is 1310. The molecule has 2 aromatic carbocycles. The zero-order chi connectivity index (χ0) is 21.3. The van der Waals surface area contributed by atoms with Crippen LogP contribution in [-0.2, 0) is 26.1 Å². The number of hydrogen-bond acceptors (Lipinski definition) is 3. The second-order valence-corrected chi connectivity index (χ2v) is 7.59. The van der Waals surface area contributed by atoms with Gasteiger partial charge in [0, 0.05) is 13.1 Å². The predicted molar refractivity (Wildman–Crippen MR) is 119 cm³/mol. The van der Waals surface area contributed by atoms with E-state index in [1.165, 1.54) is 4.57 Å². The van der Waals surface area contributed by atoms with Crippen LogP contribution < -0.4 is 11.2 Å². The summed E-state index contributed by atoms with van der Waals surface area (Å²) in [5.41, 5.74) is 4.53. The van der Waals surface area contributed by atoms with Gasteiger partial charge in [-0.25, -0.2) is 4.79 Å². The zero-order valence-electron chi connectivity index (χ0n) is 17.6. The van der Waals surface area contributed by atoms with Crippen molar-refractivity contribution in [3.63, 3.8) is 0 Å². The molecule has 0 spiro atoms. The minimum absolute atomic E-state index is 0.269. The molecule has 0 fully saturated rings. The Morgan fingerprint density at radius 1 is 0.867 bits per heavy atom. The second kappa shape index (κ2) is 8.14. The number of aromatic nitrogens is 4. The topological polar surface area (TPSA) is 61.8 Å². The molecule has 4 rings (SSSR count). The summed E-state index contributed by atoms with van der Waals surface area (Å²) in [4.78, 5) is 26.8. The van der Waals surface area contributed by atoms with Crippen molar-refractivity contribution in [3.8, 4) is 0 Å². The summed E-state index contributed by atoms with van der Waals surface area (Å²) in [6, 6.07) is 17.9. The van der Waals surface area contributed by atoms with Crippen LogP contribution in [0.5, 0.6) is 0 Å². The maximum absolute atomic E-state index is 13.5. The lowest BCUT2D eigenvalue weighted by Crippen LogP contribution is -2.41. The van der Waals surface area contributed by atoms with Gasteiger partial charge in [-0.1, -0.05) is 54.6 Å². The van der Waals surface area contributed by atoms with Crippen molar-refractivity contribution >= 4 is 11.0 Å². The van der Waals surface area contributed by atoms with Crippen LogP contribution in [0.25, 0.3) is 11.0 Å². The molecule has 0 amide bonds. The van der Waals surface area contributed by atoms with Gasteiger partial charge in [0.05, 0.1) is 17.8 Å². The van der Waals surface area contributed by atoms with Crippen molar-refractivity contribution in [2.45, 2.75) is 46.8 Å². The smallest absolute Gasteiger partial charge is 0.285 e. The SMILES string of the molecule is CCn1nc(C)c2c1c(=O)n(CCc1ccccc1)c(=O)n2Cc1ccccc1C. The van der Waals surface area contributed by atoms with E-state index in [2.05, 4.69) is 5.10 Å². The molecule has 0 saturated carbocycles. The minimum atomic E-state index is -0.287. The second-order valence-electron chi connectivity index (χ2n) is 7.59. The molecule has 0 aliphatic heterocycles. The van der Waals surface area contributed by atoms with Crippen LogP contribution in [0.2, 0.25) is 0 Å². The first-order valence-electron chi connectivity index (χ1n) is 10.3. The molecular formula is C24H26N4O2. The third kappa shape index (κ3) is 3.49. The first kappa shape index (κ1) is 19.9. The normalized spacial score (nSPS) is 11.3. The molecule has 0 aliphatic rings. The van der Waals surface area contributed by atoms with E-state index < -0.39 is 0 Å². The summed E-state index contributed by atoms with van der Waals surface area (Å²) >= 11 is 0. The number of nitrogens with zero attached hydrogens (tertiary/aromatic N) is 4. The molecule has 0 N–H and O–H groups in total. The molecule has 2 aromatic heterocycles. The van der Waals surface area contributed by atoms with E-state index in [9.17, 15) is 9.59 Å². The fourth-order valence-corrected chi connectivity index (χ4v) is 3.98. The van der Waals surface area contributed by atoms with Crippen LogP contribution >= 0.6 is 0 Å². The van der Waals surface area contributed by atoms with Crippen molar-refractivity contribution in [3.05, 3.63) is 97.8 Å². The summed E-state index contributed by atoms with van der Waals surface area (Å²) in [5, 5.41) is 4.54. The van der Waals surface area contributed by atoms with Gasteiger partial charge in [-0.05, 0) is 43.9 Å². The third-order valence-corrected chi connectivity index (χ3v) is 5.63. The van der Waals surface area contributed by atoms with E-state index in [0.29, 0.717) is 42.8 Å². The van der Waals surface area contributed by atoms with E-state index in [0.717, 1.165) is 16.7 Å². The molecule has 0 atom stereocenters. The molecule has 6 nitrogen and oxygen atoms in total. The summed E-state index contributed by atoms with van der Waals surface area (Å²) in [5.74, 6) is 0. The van der Waals surface area contributed by atoms with Crippen LogP contribution in [0.1, 0.15) is 29.3 Å². The van der Waals surface area contributed by atoms with Gasteiger partial charge in [0.2, 0.25) is 0 Å². The van der Waals surface area contributed by atoms with Gasteiger partial charge in [0.25, 0.3) is 5.56 Å². The Hall–Kier alpha value is -3.41. The van der Waals surface area contributed by atoms with Crippen LogP contribution in [0.3, 0.4) is 0 Å². The van der Waals surface area contributed by atoms with Gasteiger partial charge in [0.1, 0.15) is 0 Å². The van der Waals surface area contributed by atoms with Crippen LogP contribution in [0.15, 0.2) is 64.2 Å². The average molecular weight is 402 g/mol. The molecule has 154 valence electrons. The Kier molecular flexibility index (Phi) is 5.40. The molecule has 0 unspecified atom stereocenters. The molecular weight excluding hydrogens is 376 g/mol. The number of hydrogen-bond donors (Lipinski definition) is 0. The Morgan fingerprint density at radius 3 is 2.27 bits per heavy atom. The minimum Gasteiger partial charge on any atom is -0.285 e. The third-order valence-electron chi connectivity index (χ3n) is 5.63. The fraction of sp³-hybridized carbons (Fsp3) is 0.292. The van der Waals surface area contributed by atoms with Gasteiger partial charge < -0.3 is 0 Å². The van der Waals surface area contributed by atoms with E-state index >= 15 is 0 Å². The van der Waals surface area contributed by atoms with Gasteiger partial charge >= 0.3 is 5.69 Å². The maximum atomic E-state index is 13.5. The highest BCUT2D eigenvalue weighted by Gasteiger charge is 2.20. The molecule has 2 heterocycles. The predicted octanol–water partition coefficient (Wildman–Crippen LogP) is 3.29. The van der Waals surface area contributed by atoms with Crippen LogP contribution in [0.4, 0.5) is 0 Å². The zero-order valence-corrected chi connectivity index (χ0v) is 17.6. The Balaban J connectivity index is 1.90. The van der Waals surface area contributed by atoms with Crippen molar-refractivity contribution in [1.82, 2.24) is 18.9 Å². The van der Waals surface area contributed by atoms with E-state index in [1.807, 2.05) is 75.4 Å². The van der Waals surface area contributed by atoms with Gasteiger partial charge in [-0.15, -0.1) is 0 Å². The Morgan fingerprint density at radius 2 is 1.57 bits per heavy atom. The lowest BCUT2D eigenvalue weighted by atomic mass is 10.1. The summed E-state index contributed by atoms with van der Waals surface area (Å²) in [6.07, 6.45) is 0.616. The molecule has 4 aromatic rings. The van der Waals surface area contributed by atoms with Crippen LogP contribution in [0, 0.1) is 13.8 Å². The molecule has 0 saturated heterocycles. The largest absolute Gasteiger partial charge is 0.331 e. The first-order chi connectivity index (χ1) is 14.5. The lowest BCUT2D eigenvalue weighted by Gasteiger charge is -2.14. The van der Waals surface area contributed by atoms with Crippen molar-refractivity contribution in [1.29, 1.82) is 0 Å². The van der Waals surface area contributed by atoms with Crippen molar-refractivity contribution in [2.75, 3.05) is 0 Å². The number of benzene rings is 2. The number of rotatable bonds is 6. The van der Waals surface area contributed by atoms with E-state index in [4.69, 9.17) is 0 Å². The monoisotopic (exact) mass is 402 g/mol. The van der Waals surface area contributed by atoms with E-state index in [-0.39, 0.29) is 11.2 Å². The maximum Gasteiger partial charge on any atom is 0.331 e.